The standard InChI is InChI=1S/C34H34N6O4S/c1-34(2)19-26-31(28(41)20-34)32(22-8-7-9-23(18-22)40(43)44)39(27-12-5-4-11-25(27)35-26)21-30(42)37-14-16-38(17-15-37)33-24-10-3-6-13-29(24)45-36-33/h3-13,18,32,35H,14-17,19-21H2,1-2H3. The molecule has 3 aromatic carbocycles. The number of carbonyl (C=O) groups is 2. The van der Waals surface area contributed by atoms with Crippen LogP contribution in [0.4, 0.5) is 22.9 Å². The van der Waals surface area contributed by atoms with Crippen molar-refractivity contribution in [1.29, 1.82) is 0 Å². The summed E-state index contributed by atoms with van der Waals surface area (Å²) in [5, 5.41) is 16.5. The Morgan fingerprint density at radius 3 is 2.58 bits per heavy atom. The summed E-state index contributed by atoms with van der Waals surface area (Å²) in [5.41, 5.74) is 3.25. The first-order valence-electron chi connectivity index (χ1n) is 15.2. The quantitative estimate of drug-likeness (QED) is 0.208. The molecule has 230 valence electrons. The van der Waals surface area contributed by atoms with E-state index >= 15 is 0 Å². The Kier molecular flexibility index (Phi) is 7.27. The molecule has 11 heteroatoms. The first-order chi connectivity index (χ1) is 21.7. The van der Waals surface area contributed by atoms with Crippen molar-refractivity contribution in [2.45, 2.75) is 32.7 Å². The van der Waals surface area contributed by atoms with Crippen LogP contribution in [0.3, 0.4) is 0 Å². The van der Waals surface area contributed by atoms with Gasteiger partial charge in [0.1, 0.15) is 5.82 Å². The van der Waals surface area contributed by atoms with E-state index in [-0.39, 0.29) is 29.3 Å². The lowest BCUT2D eigenvalue weighted by atomic mass is 9.73. The number of nitrogens with one attached hydrogen (secondary N) is 1. The smallest absolute Gasteiger partial charge is 0.269 e. The van der Waals surface area contributed by atoms with Gasteiger partial charge in [0.05, 0.1) is 33.6 Å². The maximum absolute atomic E-state index is 14.1. The molecule has 1 aliphatic carbocycles. The van der Waals surface area contributed by atoms with Crippen molar-refractivity contribution in [3.05, 3.63) is 99.7 Å². The number of Topliss-reactive ketones (excluding diaryl/α,β-unsaturated/α-hetero) is 1. The molecular formula is C34H34N6O4S. The molecule has 1 amide bonds. The maximum Gasteiger partial charge on any atom is 0.269 e. The summed E-state index contributed by atoms with van der Waals surface area (Å²) in [6.07, 6.45) is 0.993. The van der Waals surface area contributed by atoms with Crippen molar-refractivity contribution in [2.24, 2.45) is 5.41 Å². The van der Waals surface area contributed by atoms with E-state index in [4.69, 9.17) is 4.37 Å². The van der Waals surface area contributed by atoms with Gasteiger partial charge in [-0.3, -0.25) is 19.7 Å². The predicted molar refractivity (Wildman–Crippen MR) is 177 cm³/mol. The second kappa shape index (κ2) is 11.3. The van der Waals surface area contributed by atoms with Gasteiger partial charge in [0.25, 0.3) is 5.69 Å². The summed E-state index contributed by atoms with van der Waals surface area (Å²) >= 11 is 1.48. The highest BCUT2D eigenvalue weighted by atomic mass is 32.1. The first kappa shape index (κ1) is 29.0. The number of fused-ring (bicyclic) bond motifs is 2. The summed E-state index contributed by atoms with van der Waals surface area (Å²) < 4.78 is 5.84. The fraction of sp³-hybridized carbons (Fsp3) is 0.324. The number of hydrogen-bond donors (Lipinski definition) is 1. The molecule has 0 radical (unpaired) electrons. The van der Waals surface area contributed by atoms with Gasteiger partial charge < -0.3 is 20.0 Å². The molecule has 4 aromatic rings. The van der Waals surface area contributed by atoms with Gasteiger partial charge in [0.15, 0.2) is 5.78 Å². The number of nitro benzene ring substituents is 1. The van der Waals surface area contributed by atoms with E-state index < -0.39 is 11.0 Å². The molecule has 0 spiro atoms. The number of para-hydroxylation sites is 2. The fourth-order valence-corrected chi connectivity index (χ4v) is 7.69. The van der Waals surface area contributed by atoms with E-state index in [0.29, 0.717) is 50.2 Å². The van der Waals surface area contributed by atoms with Crippen LogP contribution in [-0.2, 0) is 9.59 Å². The average Bonchev–Trinajstić information content (AvgIpc) is 3.40. The zero-order chi connectivity index (χ0) is 31.3. The Bertz CT molecular complexity index is 1860. The molecular weight excluding hydrogens is 588 g/mol. The molecule has 10 nitrogen and oxygen atoms in total. The Balaban J connectivity index is 1.23. The van der Waals surface area contributed by atoms with Crippen molar-refractivity contribution >= 4 is 56.2 Å². The van der Waals surface area contributed by atoms with Crippen molar-refractivity contribution in [2.75, 3.05) is 47.8 Å². The van der Waals surface area contributed by atoms with Gasteiger partial charge in [-0.25, -0.2) is 0 Å². The third-order valence-electron chi connectivity index (χ3n) is 9.00. The normalized spacial score (nSPS) is 19.6. The minimum Gasteiger partial charge on any atom is -0.357 e. The molecule has 45 heavy (non-hydrogen) atoms. The van der Waals surface area contributed by atoms with E-state index in [9.17, 15) is 19.7 Å². The number of benzene rings is 3. The van der Waals surface area contributed by atoms with Crippen LogP contribution < -0.4 is 15.1 Å². The number of non-ortho nitro benzene ring substituents is 1. The molecule has 1 fully saturated rings. The van der Waals surface area contributed by atoms with Crippen LogP contribution in [0.2, 0.25) is 0 Å². The molecule has 7 rings (SSSR count). The second-order valence-corrected chi connectivity index (χ2v) is 13.5. The molecule has 3 heterocycles. The van der Waals surface area contributed by atoms with Gasteiger partial charge >= 0.3 is 0 Å². The number of nitro groups is 1. The van der Waals surface area contributed by atoms with E-state index in [1.807, 2.05) is 52.3 Å². The molecule has 1 unspecified atom stereocenters. The molecule has 1 aromatic heterocycles. The van der Waals surface area contributed by atoms with E-state index in [0.717, 1.165) is 33.0 Å². The van der Waals surface area contributed by atoms with Crippen LogP contribution in [0.15, 0.2) is 84.1 Å². The van der Waals surface area contributed by atoms with Crippen LogP contribution in [0.1, 0.15) is 38.3 Å². The molecule has 3 aliphatic rings. The molecule has 0 bridgehead atoms. The van der Waals surface area contributed by atoms with Crippen LogP contribution >= 0.6 is 11.5 Å². The molecule has 1 N–H and O–H groups in total. The highest BCUT2D eigenvalue weighted by Crippen LogP contribution is 2.48. The summed E-state index contributed by atoms with van der Waals surface area (Å²) in [6, 6.07) is 21.7. The minimum absolute atomic E-state index is 0.0130. The average molecular weight is 623 g/mol. The lowest BCUT2D eigenvalue weighted by Crippen LogP contribution is -2.52. The summed E-state index contributed by atoms with van der Waals surface area (Å²) in [5.74, 6) is 0.884. The number of piperazine rings is 1. The van der Waals surface area contributed by atoms with Crippen molar-refractivity contribution in [3.63, 3.8) is 0 Å². The van der Waals surface area contributed by atoms with E-state index in [1.54, 1.807) is 6.07 Å². The van der Waals surface area contributed by atoms with Crippen molar-refractivity contribution in [1.82, 2.24) is 9.27 Å². The highest BCUT2D eigenvalue weighted by molar-refractivity contribution is 7.13. The lowest BCUT2D eigenvalue weighted by molar-refractivity contribution is -0.384. The Labute approximate surface area is 265 Å². The Morgan fingerprint density at radius 2 is 1.78 bits per heavy atom. The van der Waals surface area contributed by atoms with Gasteiger partial charge in [-0.05, 0) is 53.2 Å². The summed E-state index contributed by atoms with van der Waals surface area (Å²) in [4.78, 5) is 45.5. The zero-order valence-corrected chi connectivity index (χ0v) is 26.0. The largest absolute Gasteiger partial charge is 0.357 e. The van der Waals surface area contributed by atoms with E-state index in [2.05, 4.69) is 36.2 Å². The van der Waals surface area contributed by atoms with Gasteiger partial charge in [0, 0.05) is 61.4 Å². The third kappa shape index (κ3) is 5.41. The number of carbonyl (C=O) groups excluding carboxylic acids is 2. The van der Waals surface area contributed by atoms with Crippen LogP contribution in [0, 0.1) is 15.5 Å². The van der Waals surface area contributed by atoms with Gasteiger partial charge in [-0.2, -0.15) is 4.37 Å². The van der Waals surface area contributed by atoms with Crippen LogP contribution in [0.5, 0.6) is 0 Å². The molecule has 2 aliphatic heterocycles. The van der Waals surface area contributed by atoms with Crippen LogP contribution in [-0.4, -0.2) is 58.6 Å². The topological polar surface area (TPSA) is 112 Å². The molecule has 0 saturated carbocycles. The number of aromatic nitrogens is 1. The lowest BCUT2D eigenvalue weighted by Gasteiger charge is -2.40. The highest BCUT2D eigenvalue weighted by Gasteiger charge is 2.42. The number of ketones is 1. The first-order valence-corrected chi connectivity index (χ1v) is 16.0. The molecule has 1 atom stereocenters. The second-order valence-electron chi connectivity index (χ2n) is 12.7. The van der Waals surface area contributed by atoms with Gasteiger partial charge in [-0.1, -0.05) is 50.2 Å². The van der Waals surface area contributed by atoms with Crippen molar-refractivity contribution < 1.29 is 14.5 Å². The maximum atomic E-state index is 14.1. The number of nitrogens with zero attached hydrogens (tertiary/aromatic N) is 5. The summed E-state index contributed by atoms with van der Waals surface area (Å²) in [6.45, 7) is 6.57. The SMILES string of the molecule is CC1(C)CC(=O)C2=C(C1)Nc1ccccc1N(CC(=O)N1CCN(c3nsc4ccccc34)CC1)C2c1cccc([N+](=O)[O-])c1. The zero-order valence-electron chi connectivity index (χ0n) is 25.2. The monoisotopic (exact) mass is 622 g/mol. The summed E-state index contributed by atoms with van der Waals surface area (Å²) in [7, 11) is 0. The number of amides is 1. The number of hydrogen-bond acceptors (Lipinski definition) is 9. The third-order valence-corrected chi connectivity index (χ3v) is 9.81. The van der Waals surface area contributed by atoms with Crippen LogP contribution in [0.25, 0.3) is 10.1 Å². The fourth-order valence-electron chi connectivity index (χ4n) is 6.90. The van der Waals surface area contributed by atoms with E-state index in [1.165, 1.54) is 23.7 Å². The number of rotatable bonds is 5. The Morgan fingerprint density at radius 1 is 1.02 bits per heavy atom. The number of allylic oxidation sites excluding steroid dienone is 1. The van der Waals surface area contributed by atoms with Gasteiger partial charge in [-0.15, -0.1) is 0 Å². The number of anilines is 3. The predicted octanol–water partition coefficient (Wildman–Crippen LogP) is 6.17. The molecule has 1 saturated heterocycles. The van der Waals surface area contributed by atoms with Gasteiger partial charge in [0.2, 0.25) is 5.91 Å². The van der Waals surface area contributed by atoms with Crippen molar-refractivity contribution in [3.8, 4) is 0 Å². The Hall–Kier alpha value is -4.77. The minimum atomic E-state index is -0.675.